The zero-order chi connectivity index (χ0) is 43.5. The van der Waals surface area contributed by atoms with Crippen LogP contribution in [0.5, 0.6) is 0 Å². The van der Waals surface area contributed by atoms with Crippen LogP contribution in [0.1, 0.15) is 27.8 Å². The van der Waals surface area contributed by atoms with Gasteiger partial charge in [0.1, 0.15) is 11.2 Å². The number of rotatable bonds is 5. The van der Waals surface area contributed by atoms with Crippen LogP contribution in [0.15, 0.2) is 235 Å². The van der Waals surface area contributed by atoms with Gasteiger partial charge in [-0.15, -0.1) is 0 Å². The lowest BCUT2D eigenvalue weighted by atomic mass is 9.70. The van der Waals surface area contributed by atoms with E-state index in [2.05, 4.69) is 242 Å². The molecule has 0 saturated carbocycles. The van der Waals surface area contributed by atoms with E-state index < -0.39 is 5.41 Å². The van der Waals surface area contributed by atoms with Crippen molar-refractivity contribution in [2.75, 3.05) is 4.90 Å². The monoisotopic (exact) mass is 839 g/mol. The van der Waals surface area contributed by atoms with Crippen molar-refractivity contribution >= 4 is 60.5 Å². The summed E-state index contributed by atoms with van der Waals surface area (Å²) in [5.41, 5.74) is 20.8. The fraction of sp³-hybridized carbons (Fsp3) is 0.0312. The molecule has 2 heteroatoms. The van der Waals surface area contributed by atoms with Crippen LogP contribution in [0, 0.1) is 6.92 Å². The van der Waals surface area contributed by atoms with E-state index in [0.717, 1.165) is 55.5 Å². The van der Waals surface area contributed by atoms with Crippen molar-refractivity contribution in [3.8, 4) is 44.5 Å². The Balaban J connectivity index is 1.04. The van der Waals surface area contributed by atoms with Gasteiger partial charge in [0.25, 0.3) is 0 Å². The molecule has 2 nitrogen and oxygen atoms in total. The first kappa shape index (κ1) is 37.0. The second-order valence-electron chi connectivity index (χ2n) is 18.0. The fourth-order valence-corrected chi connectivity index (χ4v) is 11.8. The molecule has 2 aliphatic rings. The fourth-order valence-electron chi connectivity index (χ4n) is 11.8. The second-order valence-corrected chi connectivity index (χ2v) is 18.0. The molecule has 0 saturated heterocycles. The third-order valence-electron chi connectivity index (χ3n) is 14.5. The number of hydrogen-bond acceptors (Lipinski definition) is 2. The Morgan fingerprint density at radius 2 is 0.894 bits per heavy atom. The van der Waals surface area contributed by atoms with Gasteiger partial charge in [0.15, 0.2) is 0 Å². The lowest BCUT2D eigenvalue weighted by molar-refractivity contribution is 0.674. The number of anilines is 3. The summed E-state index contributed by atoms with van der Waals surface area (Å²) in [6, 6.07) is 85.3. The molecule has 1 spiro atoms. The molecule has 11 aromatic carbocycles. The highest BCUT2D eigenvalue weighted by Gasteiger charge is 2.51. The van der Waals surface area contributed by atoms with E-state index in [1.807, 2.05) is 0 Å². The Bertz CT molecular complexity index is 3920. The third-order valence-corrected chi connectivity index (χ3v) is 14.5. The molecule has 66 heavy (non-hydrogen) atoms. The number of furan rings is 1. The highest BCUT2D eigenvalue weighted by Crippen LogP contribution is 2.63. The minimum absolute atomic E-state index is 0.480. The summed E-state index contributed by atoms with van der Waals surface area (Å²) < 4.78 is 7.03. The molecule has 0 bridgehead atoms. The van der Waals surface area contributed by atoms with Gasteiger partial charge in [-0.05, 0) is 115 Å². The first-order valence-corrected chi connectivity index (χ1v) is 22.9. The van der Waals surface area contributed by atoms with Gasteiger partial charge in [0.05, 0.1) is 11.1 Å². The third kappa shape index (κ3) is 5.13. The average molecular weight is 840 g/mol. The molecule has 0 fully saturated rings. The summed E-state index contributed by atoms with van der Waals surface area (Å²) in [5, 5.41) is 7.01. The number of benzene rings is 11. The molecule has 1 aromatic heterocycles. The molecule has 0 atom stereocenters. The molecule has 12 aromatic rings. The van der Waals surface area contributed by atoms with Gasteiger partial charge < -0.3 is 9.32 Å². The normalized spacial score (nSPS) is 13.0. The van der Waals surface area contributed by atoms with Gasteiger partial charge >= 0.3 is 0 Å². The van der Waals surface area contributed by atoms with Gasteiger partial charge in [0, 0.05) is 38.7 Å². The standard InChI is InChI=1S/C64H41NO/c1-40-31-34-47-42(37-40)17-13-24-46(47)43-16-12-18-44(38-43)65(61-30-11-7-23-53(61)54-25-14-26-55-56-35-32-41-15-2-3-19-48(41)62(56)66-63(54)55)45-33-36-52-51-22-6-10-29-59(51)64(60(52)39-45)57-27-8-4-20-49(57)50-21-5-9-28-58(50)64/h2-39H,1H3. The summed E-state index contributed by atoms with van der Waals surface area (Å²) >= 11 is 0. The van der Waals surface area contributed by atoms with Crippen LogP contribution in [0.25, 0.3) is 88.0 Å². The summed E-state index contributed by atoms with van der Waals surface area (Å²) in [7, 11) is 0. The first-order chi connectivity index (χ1) is 32.6. The van der Waals surface area contributed by atoms with Crippen molar-refractivity contribution in [2.45, 2.75) is 12.3 Å². The van der Waals surface area contributed by atoms with E-state index in [-0.39, 0.29) is 0 Å². The maximum absolute atomic E-state index is 7.03. The van der Waals surface area contributed by atoms with E-state index in [4.69, 9.17) is 4.42 Å². The lowest BCUT2D eigenvalue weighted by Gasteiger charge is -2.33. The molecule has 0 N–H and O–H groups in total. The highest BCUT2D eigenvalue weighted by molar-refractivity contribution is 6.18. The van der Waals surface area contributed by atoms with Gasteiger partial charge in [0.2, 0.25) is 0 Å². The summed E-state index contributed by atoms with van der Waals surface area (Å²) in [5.74, 6) is 0. The van der Waals surface area contributed by atoms with E-state index in [9.17, 15) is 0 Å². The number of para-hydroxylation sites is 2. The van der Waals surface area contributed by atoms with E-state index in [0.29, 0.717) is 0 Å². The number of aryl methyl sites for hydroxylation is 1. The minimum Gasteiger partial charge on any atom is -0.455 e. The number of hydrogen-bond donors (Lipinski definition) is 0. The van der Waals surface area contributed by atoms with Crippen LogP contribution in [-0.4, -0.2) is 0 Å². The molecule has 0 radical (unpaired) electrons. The molecular weight excluding hydrogens is 799 g/mol. The van der Waals surface area contributed by atoms with Gasteiger partial charge in [-0.2, -0.15) is 0 Å². The Morgan fingerprint density at radius 3 is 1.68 bits per heavy atom. The van der Waals surface area contributed by atoms with Crippen molar-refractivity contribution in [1.82, 2.24) is 0 Å². The van der Waals surface area contributed by atoms with Crippen molar-refractivity contribution in [2.24, 2.45) is 0 Å². The molecule has 308 valence electrons. The van der Waals surface area contributed by atoms with Crippen LogP contribution in [-0.2, 0) is 5.41 Å². The SMILES string of the molecule is Cc1ccc2c(-c3cccc(N(c4ccc5c(c4)C4(c6ccccc6-c6ccccc64)c4ccccc4-5)c4ccccc4-c4cccc5c4oc4c6ccccc6ccc54)c3)cccc2c1. The van der Waals surface area contributed by atoms with Crippen LogP contribution in [0.4, 0.5) is 17.1 Å². The first-order valence-electron chi connectivity index (χ1n) is 22.9. The average Bonchev–Trinajstić information content (AvgIpc) is 4.01. The molecule has 0 aliphatic heterocycles. The predicted octanol–water partition coefficient (Wildman–Crippen LogP) is 17.3. The van der Waals surface area contributed by atoms with Gasteiger partial charge in [-0.25, -0.2) is 0 Å². The Kier molecular flexibility index (Phi) is 7.85. The quantitative estimate of drug-likeness (QED) is 0.172. The summed E-state index contributed by atoms with van der Waals surface area (Å²) in [4.78, 5) is 2.48. The summed E-state index contributed by atoms with van der Waals surface area (Å²) in [6.07, 6.45) is 0. The van der Waals surface area contributed by atoms with Crippen molar-refractivity contribution in [1.29, 1.82) is 0 Å². The van der Waals surface area contributed by atoms with Crippen molar-refractivity contribution < 1.29 is 4.42 Å². The van der Waals surface area contributed by atoms with Gasteiger partial charge in [-0.1, -0.05) is 200 Å². The van der Waals surface area contributed by atoms with Crippen LogP contribution in [0.2, 0.25) is 0 Å². The minimum atomic E-state index is -0.480. The second kappa shape index (κ2) is 14.0. The van der Waals surface area contributed by atoms with Crippen molar-refractivity contribution in [3.05, 3.63) is 258 Å². The Morgan fingerprint density at radius 1 is 0.333 bits per heavy atom. The molecular formula is C64H41NO. The topological polar surface area (TPSA) is 16.4 Å². The zero-order valence-corrected chi connectivity index (χ0v) is 36.3. The van der Waals surface area contributed by atoms with Crippen LogP contribution < -0.4 is 4.90 Å². The maximum Gasteiger partial charge on any atom is 0.143 e. The highest BCUT2D eigenvalue weighted by atomic mass is 16.3. The summed E-state index contributed by atoms with van der Waals surface area (Å²) in [6.45, 7) is 2.16. The van der Waals surface area contributed by atoms with E-state index >= 15 is 0 Å². The lowest BCUT2D eigenvalue weighted by Crippen LogP contribution is -2.26. The smallest absolute Gasteiger partial charge is 0.143 e. The van der Waals surface area contributed by atoms with E-state index in [1.54, 1.807) is 0 Å². The largest absolute Gasteiger partial charge is 0.455 e. The van der Waals surface area contributed by atoms with Crippen molar-refractivity contribution in [3.63, 3.8) is 0 Å². The molecule has 0 unspecified atom stereocenters. The molecule has 2 aliphatic carbocycles. The number of nitrogens with zero attached hydrogens (tertiary/aromatic N) is 1. The van der Waals surface area contributed by atoms with Crippen LogP contribution >= 0.6 is 0 Å². The Hall–Kier alpha value is -8.46. The Labute approximate surface area is 383 Å². The van der Waals surface area contributed by atoms with Gasteiger partial charge in [-0.3, -0.25) is 0 Å². The number of fused-ring (bicyclic) bond motifs is 16. The van der Waals surface area contributed by atoms with E-state index in [1.165, 1.54) is 77.4 Å². The predicted molar refractivity (Wildman–Crippen MR) is 275 cm³/mol. The molecule has 0 amide bonds. The van der Waals surface area contributed by atoms with Crippen LogP contribution in [0.3, 0.4) is 0 Å². The molecule has 1 heterocycles. The zero-order valence-electron chi connectivity index (χ0n) is 36.3. The molecule has 14 rings (SSSR count). The maximum atomic E-state index is 7.03.